The maximum Gasteiger partial charge on any atom is 0.134 e. The number of nitrogens with zero attached hydrogens (tertiary/aromatic N) is 4. The fourth-order valence-corrected chi connectivity index (χ4v) is 3.87. The van der Waals surface area contributed by atoms with Crippen molar-refractivity contribution in [2.75, 3.05) is 16.8 Å². The Hall–Kier alpha value is -3.93. The van der Waals surface area contributed by atoms with Crippen LogP contribution in [0.25, 0.3) is 0 Å². The fourth-order valence-electron chi connectivity index (χ4n) is 3.87. The maximum absolute atomic E-state index is 5.97. The van der Waals surface area contributed by atoms with Gasteiger partial charge in [0.15, 0.2) is 0 Å². The van der Waals surface area contributed by atoms with Crippen molar-refractivity contribution in [1.29, 1.82) is 0 Å². The molecular formula is C26H25N5O. The van der Waals surface area contributed by atoms with Crippen molar-refractivity contribution < 1.29 is 4.74 Å². The van der Waals surface area contributed by atoms with Crippen LogP contribution in [0.3, 0.4) is 0 Å². The van der Waals surface area contributed by atoms with Gasteiger partial charge >= 0.3 is 0 Å². The molecule has 0 radical (unpaired) electrons. The number of rotatable bonds is 6. The molecule has 6 nitrogen and oxygen atoms in total. The first-order valence-corrected chi connectivity index (χ1v) is 10.8. The van der Waals surface area contributed by atoms with Crippen molar-refractivity contribution in [2.24, 2.45) is 0 Å². The zero-order chi connectivity index (χ0) is 21.8. The van der Waals surface area contributed by atoms with E-state index in [0.717, 1.165) is 65.0 Å². The molecule has 160 valence electrons. The Morgan fingerprint density at radius 2 is 1.81 bits per heavy atom. The number of pyridine rings is 1. The van der Waals surface area contributed by atoms with Gasteiger partial charge < -0.3 is 15.0 Å². The lowest BCUT2D eigenvalue weighted by Crippen LogP contribution is -2.32. The van der Waals surface area contributed by atoms with E-state index in [1.807, 2.05) is 48.7 Å². The van der Waals surface area contributed by atoms with Gasteiger partial charge in [0.2, 0.25) is 0 Å². The third-order valence-electron chi connectivity index (χ3n) is 5.56. The molecule has 0 saturated heterocycles. The van der Waals surface area contributed by atoms with Crippen LogP contribution in [0, 0.1) is 6.92 Å². The van der Waals surface area contributed by atoms with Gasteiger partial charge in [0, 0.05) is 37.8 Å². The maximum atomic E-state index is 5.97. The molecule has 6 heteroatoms. The molecule has 2 aromatic heterocycles. The van der Waals surface area contributed by atoms with Gasteiger partial charge in [-0.15, -0.1) is 0 Å². The van der Waals surface area contributed by atoms with E-state index in [1.54, 1.807) is 6.33 Å². The highest BCUT2D eigenvalue weighted by molar-refractivity contribution is 5.52. The van der Waals surface area contributed by atoms with Crippen molar-refractivity contribution in [3.63, 3.8) is 0 Å². The highest BCUT2D eigenvalue weighted by Crippen LogP contribution is 2.27. The summed E-state index contributed by atoms with van der Waals surface area (Å²) in [5, 5.41) is 3.51. The third kappa shape index (κ3) is 4.54. The largest absolute Gasteiger partial charge is 0.457 e. The SMILES string of the molecule is Cc1ccc(N2CCc3ncnc(NCc4cccc(Oc5ccccc5)c4)c3C2)nc1. The third-order valence-corrected chi connectivity index (χ3v) is 5.56. The number of para-hydroxylation sites is 1. The predicted molar refractivity (Wildman–Crippen MR) is 126 cm³/mol. The average Bonchev–Trinajstić information content (AvgIpc) is 2.84. The summed E-state index contributed by atoms with van der Waals surface area (Å²) in [6, 6.07) is 22.1. The molecule has 1 aliphatic rings. The molecule has 0 aliphatic carbocycles. The second-order valence-electron chi connectivity index (χ2n) is 7.93. The van der Waals surface area contributed by atoms with Crippen molar-refractivity contribution >= 4 is 11.6 Å². The van der Waals surface area contributed by atoms with Crippen LogP contribution in [0.5, 0.6) is 11.5 Å². The number of hydrogen-bond donors (Lipinski definition) is 1. The first-order valence-electron chi connectivity index (χ1n) is 10.8. The molecule has 32 heavy (non-hydrogen) atoms. The van der Waals surface area contributed by atoms with Crippen molar-refractivity contribution in [1.82, 2.24) is 15.0 Å². The highest BCUT2D eigenvalue weighted by atomic mass is 16.5. The highest BCUT2D eigenvalue weighted by Gasteiger charge is 2.22. The number of aryl methyl sites for hydroxylation is 1. The van der Waals surface area contributed by atoms with Gasteiger partial charge in [-0.05, 0) is 48.4 Å². The molecule has 3 heterocycles. The van der Waals surface area contributed by atoms with Gasteiger partial charge in [0.25, 0.3) is 0 Å². The summed E-state index contributed by atoms with van der Waals surface area (Å²) in [5.41, 5.74) is 4.53. The second-order valence-corrected chi connectivity index (χ2v) is 7.93. The van der Waals surface area contributed by atoms with Crippen LogP contribution in [-0.4, -0.2) is 21.5 Å². The Balaban J connectivity index is 1.30. The quantitative estimate of drug-likeness (QED) is 0.463. The molecule has 0 bridgehead atoms. The van der Waals surface area contributed by atoms with E-state index in [4.69, 9.17) is 4.74 Å². The van der Waals surface area contributed by atoms with Gasteiger partial charge in [-0.3, -0.25) is 0 Å². The molecule has 0 unspecified atom stereocenters. The number of anilines is 2. The van der Waals surface area contributed by atoms with Crippen LogP contribution in [0.15, 0.2) is 79.3 Å². The zero-order valence-corrected chi connectivity index (χ0v) is 18.0. The number of ether oxygens (including phenoxy) is 1. The normalized spacial score (nSPS) is 12.8. The van der Waals surface area contributed by atoms with Gasteiger partial charge in [-0.1, -0.05) is 36.4 Å². The van der Waals surface area contributed by atoms with Crippen LogP contribution in [0.1, 0.15) is 22.4 Å². The van der Waals surface area contributed by atoms with Gasteiger partial charge in [0.1, 0.15) is 29.5 Å². The molecule has 5 rings (SSSR count). The summed E-state index contributed by atoms with van der Waals surface area (Å²) < 4.78 is 5.97. The number of fused-ring (bicyclic) bond motifs is 1. The van der Waals surface area contributed by atoms with E-state index in [1.165, 1.54) is 0 Å². The Morgan fingerprint density at radius 3 is 2.66 bits per heavy atom. The molecular weight excluding hydrogens is 398 g/mol. The minimum absolute atomic E-state index is 0.651. The predicted octanol–water partition coefficient (Wildman–Crippen LogP) is 5.15. The molecule has 1 N–H and O–H groups in total. The van der Waals surface area contributed by atoms with E-state index >= 15 is 0 Å². The lowest BCUT2D eigenvalue weighted by molar-refractivity contribution is 0.482. The Morgan fingerprint density at radius 1 is 0.938 bits per heavy atom. The summed E-state index contributed by atoms with van der Waals surface area (Å²) in [5.74, 6) is 3.51. The van der Waals surface area contributed by atoms with E-state index in [-0.39, 0.29) is 0 Å². The van der Waals surface area contributed by atoms with E-state index in [9.17, 15) is 0 Å². The standard InChI is InChI=1S/C26H25N5O/c1-19-10-11-25(27-15-19)31-13-12-24-23(17-31)26(30-18-29-24)28-16-20-6-5-9-22(14-20)32-21-7-3-2-4-8-21/h2-11,14-15,18H,12-13,16-17H2,1H3,(H,28,29,30). The molecule has 0 spiro atoms. The van der Waals surface area contributed by atoms with E-state index in [2.05, 4.69) is 56.4 Å². The number of aromatic nitrogens is 3. The summed E-state index contributed by atoms with van der Waals surface area (Å²) in [7, 11) is 0. The first kappa shape index (κ1) is 20.0. The van der Waals surface area contributed by atoms with E-state index in [0.29, 0.717) is 6.54 Å². The molecule has 2 aromatic carbocycles. The molecule has 0 atom stereocenters. The van der Waals surface area contributed by atoms with Gasteiger partial charge in [0.05, 0.1) is 5.69 Å². The topological polar surface area (TPSA) is 63.2 Å². The second kappa shape index (κ2) is 9.06. The molecule has 0 fully saturated rings. The molecule has 1 aliphatic heterocycles. The number of nitrogens with one attached hydrogen (secondary N) is 1. The number of hydrogen-bond acceptors (Lipinski definition) is 6. The summed E-state index contributed by atoms with van der Waals surface area (Å²) in [6.07, 6.45) is 4.44. The average molecular weight is 424 g/mol. The summed E-state index contributed by atoms with van der Waals surface area (Å²) >= 11 is 0. The monoisotopic (exact) mass is 423 g/mol. The van der Waals surface area contributed by atoms with Crippen LogP contribution >= 0.6 is 0 Å². The Labute approximate surface area is 188 Å². The first-order chi connectivity index (χ1) is 15.7. The smallest absolute Gasteiger partial charge is 0.134 e. The summed E-state index contributed by atoms with van der Waals surface area (Å²) in [6.45, 7) is 4.35. The zero-order valence-electron chi connectivity index (χ0n) is 18.0. The molecule has 4 aromatic rings. The van der Waals surface area contributed by atoms with Crippen molar-refractivity contribution in [3.05, 3.63) is 102 Å². The van der Waals surface area contributed by atoms with Crippen molar-refractivity contribution in [2.45, 2.75) is 26.4 Å². The molecule has 0 saturated carbocycles. The van der Waals surface area contributed by atoms with Crippen LogP contribution < -0.4 is 15.0 Å². The van der Waals surface area contributed by atoms with Gasteiger partial charge in [-0.25, -0.2) is 15.0 Å². The minimum atomic E-state index is 0.651. The van der Waals surface area contributed by atoms with Crippen LogP contribution in [0.4, 0.5) is 11.6 Å². The minimum Gasteiger partial charge on any atom is -0.457 e. The van der Waals surface area contributed by atoms with Crippen molar-refractivity contribution in [3.8, 4) is 11.5 Å². The Bertz CT molecular complexity index is 1190. The lowest BCUT2D eigenvalue weighted by atomic mass is 10.1. The summed E-state index contributed by atoms with van der Waals surface area (Å²) in [4.78, 5) is 15.9. The molecule has 0 amide bonds. The Kier molecular flexibility index (Phi) is 5.66. The van der Waals surface area contributed by atoms with Gasteiger partial charge in [-0.2, -0.15) is 0 Å². The van der Waals surface area contributed by atoms with Crippen LogP contribution in [0.2, 0.25) is 0 Å². The number of benzene rings is 2. The van der Waals surface area contributed by atoms with E-state index < -0.39 is 0 Å². The van der Waals surface area contributed by atoms with Crippen LogP contribution in [-0.2, 0) is 19.5 Å². The fraction of sp³-hybridized carbons (Fsp3) is 0.192. The lowest BCUT2D eigenvalue weighted by Gasteiger charge is -2.30.